The molecule has 2 amide bonds. The first-order valence-corrected chi connectivity index (χ1v) is 20.6. The molecule has 0 saturated carbocycles. The van der Waals surface area contributed by atoms with Crippen molar-refractivity contribution in [2.24, 2.45) is 25.6 Å². The number of urea groups is 1. The largest absolute Gasteiger partial charge is 0.387 e. The third-order valence-corrected chi connectivity index (χ3v) is 12.1. The van der Waals surface area contributed by atoms with E-state index in [1.807, 2.05) is 6.26 Å². The minimum absolute atomic E-state index is 0.0451. The number of fused-ring (bicyclic) bond motifs is 4. The van der Waals surface area contributed by atoms with Gasteiger partial charge in [-0.15, -0.1) is 5.26 Å². The molecule has 50 heavy (non-hydrogen) atoms. The van der Waals surface area contributed by atoms with Crippen molar-refractivity contribution in [2.45, 2.75) is 115 Å². The fourth-order valence-corrected chi connectivity index (χ4v) is 9.03. The maximum atomic E-state index is 12.3. The molecule has 0 saturated heterocycles. The summed E-state index contributed by atoms with van der Waals surface area (Å²) >= 11 is 0. The number of anilines is 1. The molecular weight excluding hydrogens is 681 g/mol. The van der Waals surface area contributed by atoms with Crippen LogP contribution in [-0.4, -0.2) is 45.7 Å². The summed E-state index contributed by atoms with van der Waals surface area (Å²) in [5, 5.41) is 31.2. The van der Waals surface area contributed by atoms with Gasteiger partial charge in [0, 0.05) is 18.5 Å². The highest BCUT2D eigenvalue weighted by Gasteiger charge is 2.36. The number of hydrogen-bond donors (Lipinski definition) is 3. The quantitative estimate of drug-likeness (QED) is 0.298. The Balaban J connectivity index is 0.000000146. The number of rotatable bonds is 9. The summed E-state index contributed by atoms with van der Waals surface area (Å²) in [6.07, 6.45) is 15.5. The van der Waals surface area contributed by atoms with Crippen LogP contribution in [0.2, 0.25) is 0 Å². The zero-order valence-electron chi connectivity index (χ0n) is 28.5. The molecule has 0 spiro atoms. The molecule has 8 rings (SSSR count). The number of nitrogens with zero attached hydrogens (tertiary/aromatic N) is 5. The lowest BCUT2D eigenvalue weighted by molar-refractivity contribution is 0.256. The summed E-state index contributed by atoms with van der Waals surface area (Å²) in [5.41, 5.74) is 10.2. The molecule has 268 valence electrons. The number of amides is 2. The number of hydrogen-bond acceptors (Lipinski definition) is 11. The van der Waals surface area contributed by atoms with E-state index in [0.717, 1.165) is 75.6 Å². The van der Waals surface area contributed by atoms with E-state index in [0.29, 0.717) is 6.42 Å². The Hall–Kier alpha value is -3.94. The smallest absolute Gasteiger partial charge is 0.332 e. The van der Waals surface area contributed by atoms with Crippen LogP contribution < -0.4 is 19.9 Å². The predicted molar refractivity (Wildman–Crippen MR) is 187 cm³/mol. The molecule has 0 unspecified atom stereocenters. The molecule has 0 bridgehead atoms. The number of primary sulfonamides is 1. The first-order valence-electron chi connectivity index (χ1n) is 17.3. The van der Waals surface area contributed by atoms with Crippen molar-refractivity contribution >= 4 is 31.8 Å². The van der Waals surface area contributed by atoms with Crippen LogP contribution in [0.15, 0.2) is 32.6 Å². The zero-order valence-corrected chi connectivity index (χ0v) is 30.2. The lowest BCUT2D eigenvalue weighted by Gasteiger charge is -2.16. The van der Waals surface area contributed by atoms with Crippen molar-refractivity contribution in [3.63, 3.8) is 0 Å². The Bertz CT molecular complexity index is 1940. The van der Waals surface area contributed by atoms with Gasteiger partial charge in [-0.25, -0.2) is 31.5 Å². The summed E-state index contributed by atoms with van der Waals surface area (Å²) in [7, 11) is -7.04. The fraction of sp³-hybridized carbons (Fsp3) is 0.588. The highest BCUT2D eigenvalue weighted by Crippen LogP contribution is 2.41. The van der Waals surface area contributed by atoms with E-state index in [1.165, 1.54) is 57.3 Å². The number of carbonyl (C=O) groups is 1. The average molecular weight is 725 g/mol. The minimum Gasteiger partial charge on any atom is -0.387 e. The zero-order chi connectivity index (χ0) is 35.7. The third-order valence-electron chi connectivity index (χ3n) is 10.1. The van der Waals surface area contributed by atoms with Gasteiger partial charge in [0.1, 0.15) is 5.75 Å². The maximum Gasteiger partial charge on any atom is 0.332 e. The van der Waals surface area contributed by atoms with E-state index < -0.39 is 37.4 Å². The molecule has 4 aliphatic carbocycles. The number of nitrogens with one attached hydrogen (secondary N) is 2. The van der Waals surface area contributed by atoms with Gasteiger partial charge < -0.3 is 10.1 Å². The van der Waals surface area contributed by atoms with Crippen LogP contribution in [0.3, 0.4) is 0 Å². The van der Waals surface area contributed by atoms with Crippen molar-refractivity contribution in [2.75, 3.05) is 16.8 Å². The second-order valence-electron chi connectivity index (χ2n) is 14.2. The number of benzene rings is 2. The van der Waals surface area contributed by atoms with Gasteiger partial charge in [-0.1, -0.05) is 12.1 Å². The van der Waals surface area contributed by atoms with E-state index in [1.54, 1.807) is 13.8 Å². The number of carbonyl (C=O) groups excluding carboxylic acids is 1. The van der Waals surface area contributed by atoms with Gasteiger partial charge in [-0.05, 0) is 135 Å². The Morgan fingerprint density at radius 3 is 1.60 bits per heavy atom. The van der Waals surface area contributed by atoms with E-state index in [9.17, 15) is 21.6 Å². The molecule has 2 aromatic carbocycles. The van der Waals surface area contributed by atoms with Crippen molar-refractivity contribution < 1.29 is 26.4 Å². The molecule has 2 aliphatic heterocycles. The summed E-state index contributed by atoms with van der Waals surface area (Å²) in [6.45, 7) is 3.53. The molecule has 0 aromatic heterocycles. The first kappa shape index (κ1) is 35.9. The van der Waals surface area contributed by atoms with Gasteiger partial charge in [0.05, 0.1) is 11.5 Å². The second-order valence-corrected chi connectivity index (χ2v) is 17.8. The predicted octanol–water partition coefficient (Wildman–Crippen LogP) is 5.06. The van der Waals surface area contributed by atoms with Crippen LogP contribution in [0.25, 0.3) is 0 Å². The third kappa shape index (κ3) is 8.85. The molecule has 4 N–H and O–H groups in total. The Labute approximate surface area is 293 Å². The molecular formula is C34H44N8O6S2. The number of nitrogens with two attached hydrogens (primary N) is 1. The van der Waals surface area contributed by atoms with E-state index in [4.69, 9.17) is 15.1 Å². The lowest BCUT2D eigenvalue weighted by atomic mass is 9.99. The van der Waals surface area contributed by atoms with Gasteiger partial charge >= 0.3 is 6.03 Å². The lowest BCUT2D eigenvalue weighted by Crippen LogP contribution is -2.37. The topological polar surface area (TPSA) is 218 Å². The maximum absolute atomic E-state index is 12.3. The highest BCUT2D eigenvalue weighted by atomic mass is 32.2. The van der Waals surface area contributed by atoms with Gasteiger partial charge in [-0.3, -0.25) is 0 Å². The number of sulfonamides is 2. The number of nitriles is 1. The summed E-state index contributed by atoms with van der Waals surface area (Å²) < 4.78 is 52.4. The summed E-state index contributed by atoms with van der Waals surface area (Å²) in [6, 6.07) is 3.94. The molecule has 16 heteroatoms. The molecule has 0 radical (unpaired) electrons. The molecule has 0 atom stereocenters. The van der Waals surface area contributed by atoms with Gasteiger partial charge in [-0.2, -0.15) is 20.5 Å². The van der Waals surface area contributed by atoms with Crippen molar-refractivity contribution in [1.82, 2.24) is 4.72 Å². The second kappa shape index (κ2) is 14.0. The van der Waals surface area contributed by atoms with Crippen molar-refractivity contribution in [3.05, 3.63) is 56.6 Å². The van der Waals surface area contributed by atoms with Gasteiger partial charge in [0.25, 0.3) is 6.26 Å². The van der Waals surface area contributed by atoms with E-state index in [-0.39, 0.29) is 17.9 Å². The summed E-state index contributed by atoms with van der Waals surface area (Å²) in [4.78, 5) is 12.3. The Kier molecular flexibility index (Phi) is 10.0. The van der Waals surface area contributed by atoms with E-state index in [2.05, 4.69) is 42.6 Å². The van der Waals surface area contributed by atoms with Crippen LogP contribution in [0.4, 0.5) is 10.5 Å². The van der Waals surface area contributed by atoms with E-state index >= 15 is 0 Å². The van der Waals surface area contributed by atoms with Crippen LogP contribution in [0, 0.1) is 11.5 Å². The molecule has 14 nitrogen and oxygen atoms in total. The standard InChI is InChI=1S/C17H22N4O3S.C13H13NO.C4H9N3O2S/c1-17(20-21-17)8-9-25(23,24)19-16(22)18-15-13-6-2-4-11(13)10-12-5-3-7-14(12)15;14-8-15-13-11-5-1-3-9(11)7-10-4-2-6-12(10)13;1-4(6-7-4)2-3-10(5,8)9/h10H,2-9H2,1H3,(H2,18,19,22);7H,1-6H2;2-3H2,1H3,(H2,5,8,9). The fourth-order valence-electron chi connectivity index (χ4n) is 7.27. The van der Waals surface area contributed by atoms with Crippen molar-refractivity contribution in [1.29, 1.82) is 5.26 Å². The molecule has 2 aromatic rings. The SMILES string of the molecule is CC1(CCS(=O)(=O)NC(=O)Nc2c3c(cc4c2CCC4)CCC3)N=N1.CC1(CCS(N)(=O)=O)N=N1.N#COc1c2c(cc3c1CCC3)CCC2. The molecule has 2 heterocycles. The first-order chi connectivity index (χ1) is 23.7. The van der Waals surface area contributed by atoms with Gasteiger partial charge in [0.15, 0.2) is 11.3 Å². The van der Waals surface area contributed by atoms with Gasteiger partial charge in [0.2, 0.25) is 20.0 Å². The van der Waals surface area contributed by atoms with Crippen LogP contribution >= 0.6 is 0 Å². The van der Waals surface area contributed by atoms with Crippen LogP contribution in [0.1, 0.15) is 96.9 Å². The van der Waals surface area contributed by atoms with Crippen LogP contribution in [-0.2, 0) is 71.4 Å². The molecule has 0 fully saturated rings. The Morgan fingerprint density at radius 2 is 1.18 bits per heavy atom. The number of ether oxygens (including phenoxy) is 1. The summed E-state index contributed by atoms with van der Waals surface area (Å²) in [5.74, 6) is 0.686. The number of aryl methyl sites for hydroxylation is 4. The Morgan fingerprint density at radius 1 is 0.760 bits per heavy atom. The monoisotopic (exact) mass is 724 g/mol. The van der Waals surface area contributed by atoms with Crippen molar-refractivity contribution in [3.8, 4) is 12.0 Å². The van der Waals surface area contributed by atoms with Crippen LogP contribution in [0.5, 0.6) is 5.75 Å². The molecule has 6 aliphatic rings. The minimum atomic E-state index is -3.70. The normalized spacial score (nSPS) is 19.0. The average Bonchev–Trinajstić information content (AvgIpc) is 3.57. The highest BCUT2D eigenvalue weighted by molar-refractivity contribution is 7.90.